The van der Waals surface area contributed by atoms with Gasteiger partial charge in [-0.15, -0.1) is 0 Å². The topological polar surface area (TPSA) is 95.2 Å². The second kappa shape index (κ2) is 8.24. The van der Waals surface area contributed by atoms with Gasteiger partial charge in [-0.05, 0) is 87.1 Å². The van der Waals surface area contributed by atoms with E-state index in [1.165, 1.54) is 17.5 Å². The number of ketones is 1. The molecule has 0 radical (unpaired) electrons. The number of fused-ring (bicyclic) bond motifs is 1. The standard InChI is InChI=1S/C28H26N4O3/c1-17-13-24(18(2)32(17)23-12-9-20-5-4-6-21(20)14-23)25(33)16-31-26(34)28(3,30-27(31)35)22-10-7-19(15-29)8-11-22/h7-14H,4-6,16H2,1-3H3,(H,30,35)/t28-/m0/s1. The lowest BCUT2D eigenvalue weighted by Gasteiger charge is -2.22. The number of amides is 3. The van der Waals surface area contributed by atoms with E-state index in [0.29, 0.717) is 16.7 Å². The molecule has 1 atom stereocenters. The van der Waals surface area contributed by atoms with E-state index < -0.39 is 17.5 Å². The molecule has 1 fully saturated rings. The van der Waals surface area contributed by atoms with Gasteiger partial charge in [-0.25, -0.2) is 4.79 Å². The van der Waals surface area contributed by atoms with Gasteiger partial charge < -0.3 is 9.88 Å². The van der Waals surface area contributed by atoms with Crippen LogP contribution in [0.25, 0.3) is 5.69 Å². The Morgan fingerprint density at radius 1 is 1.06 bits per heavy atom. The molecule has 1 N–H and O–H groups in total. The van der Waals surface area contributed by atoms with Gasteiger partial charge in [0.1, 0.15) is 5.54 Å². The quantitative estimate of drug-likeness (QED) is 0.452. The van der Waals surface area contributed by atoms with Crippen LogP contribution in [-0.2, 0) is 23.2 Å². The average molecular weight is 467 g/mol. The molecule has 1 aromatic heterocycles. The van der Waals surface area contributed by atoms with Crippen LogP contribution in [0.2, 0.25) is 0 Å². The highest BCUT2D eigenvalue weighted by molar-refractivity contribution is 6.11. The highest BCUT2D eigenvalue weighted by Gasteiger charge is 2.49. The number of hydrogen-bond acceptors (Lipinski definition) is 4. The van der Waals surface area contributed by atoms with Gasteiger partial charge in [0.05, 0.1) is 18.2 Å². The molecule has 1 aliphatic heterocycles. The van der Waals surface area contributed by atoms with Crippen LogP contribution < -0.4 is 5.32 Å². The van der Waals surface area contributed by atoms with Crippen molar-refractivity contribution in [2.75, 3.05) is 6.54 Å². The Morgan fingerprint density at radius 2 is 1.77 bits per heavy atom. The van der Waals surface area contributed by atoms with E-state index in [1.54, 1.807) is 31.2 Å². The van der Waals surface area contributed by atoms with E-state index in [4.69, 9.17) is 5.26 Å². The summed E-state index contributed by atoms with van der Waals surface area (Å²) in [7, 11) is 0. The highest BCUT2D eigenvalue weighted by Crippen LogP contribution is 2.31. The summed E-state index contributed by atoms with van der Waals surface area (Å²) in [6, 6.07) is 16.2. The summed E-state index contributed by atoms with van der Waals surface area (Å²) in [5.41, 5.74) is 5.67. The largest absolute Gasteiger partial charge is 0.325 e. The van der Waals surface area contributed by atoms with Gasteiger partial charge in [0.15, 0.2) is 5.78 Å². The summed E-state index contributed by atoms with van der Waals surface area (Å²) in [6.07, 6.45) is 3.34. The molecule has 1 aliphatic carbocycles. The number of hydrogen-bond donors (Lipinski definition) is 1. The fourth-order valence-electron chi connectivity index (χ4n) is 5.28. The number of rotatable bonds is 5. The third-order valence-corrected chi connectivity index (χ3v) is 7.24. The number of imide groups is 1. The molecule has 35 heavy (non-hydrogen) atoms. The molecule has 3 aromatic rings. The summed E-state index contributed by atoms with van der Waals surface area (Å²) < 4.78 is 2.05. The Balaban J connectivity index is 1.40. The first kappa shape index (κ1) is 22.6. The average Bonchev–Trinajstić information content (AvgIpc) is 3.50. The zero-order valence-corrected chi connectivity index (χ0v) is 20.0. The molecule has 0 spiro atoms. The molecule has 2 aliphatic rings. The summed E-state index contributed by atoms with van der Waals surface area (Å²) in [5.74, 6) is -0.786. The van der Waals surface area contributed by atoms with Crippen LogP contribution >= 0.6 is 0 Å². The van der Waals surface area contributed by atoms with Gasteiger partial charge in [-0.2, -0.15) is 5.26 Å². The summed E-state index contributed by atoms with van der Waals surface area (Å²) in [6.45, 7) is 5.11. The van der Waals surface area contributed by atoms with E-state index in [1.807, 2.05) is 26.0 Å². The Hall–Kier alpha value is -4.18. The minimum atomic E-state index is -1.30. The molecule has 0 saturated carbocycles. The van der Waals surface area contributed by atoms with Crippen LogP contribution in [0.3, 0.4) is 0 Å². The number of Topliss-reactive ketones (excluding diaryl/α,β-unsaturated/α-hetero) is 1. The number of nitrogens with one attached hydrogen (secondary N) is 1. The van der Waals surface area contributed by atoms with Crippen LogP contribution in [0.4, 0.5) is 4.79 Å². The van der Waals surface area contributed by atoms with Crippen molar-refractivity contribution in [1.82, 2.24) is 14.8 Å². The first-order valence-corrected chi connectivity index (χ1v) is 11.7. The summed E-state index contributed by atoms with van der Waals surface area (Å²) in [4.78, 5) is 40.3. The predicted molar refractivity (Wildman–Crippen MR) is 130 cm³/mol. The molecule has 0 unspecified atom stereocenters. The summed E-state index contributed by atoms with van der Waals surface area (Å²) >= 11 is 0. The van der Waals surface area contributed by atoms with Crippen LogP contribution in [0.5, 0.6) is 0 Å². The Bertz CT molecular complexity index is 1430. The van der Waals surface area contributed by atoms with Crippen molar-refractivity contribution in [3.63, 3.8) is 0 Å². The Kier molecular flexibility index (Phi) is 5.32. The van der Waals surface area contributed by atoms with Gasteiger partial charge in [-0.1, -0.05) is 18.2 Å². The second-order valence-corrected chi connectivity index (χ2v) is 9.49. The van der Waals surface area contributed by atoms with E-state index in [9.17, 15) is 14.4 Å². The first-order valence-electron chi connectivity index (χ1n) is 11.7. The van der Waals surface area contributed by atoms with Crippen molar-refractivity contribution in [3.05, 3.63) is 87.7 Å². The van der Waals surface area contributed by atoms with Crippen molar-refractivity contribution in [2.45, 2.75) is 45.6 Å². The molecule has 2 heterocycles. The number of aryl methyl sites for hydroxylation is 3. The maximum absolute atomic E-state index is 13.3. The molecule has 5 rings (SSSR count). The number of carbonyl (C=O) groups excluding carboxylic acids is 3. The van der Waals surface area contributed by atoms with Gasteiger partial charge in [0.25, 0.3) is 5.91 Å². The number of nitrogens with zero attached hydrogens (tertiary/aromatic N) is 3. The number of benzene rings is 2. The number of aromatic nitrogens is 1. The number of urea groups is 1. The highest BCUT2D eigenvalue weighted by atomic mass is 16.2. The normalized spacial score (nSPS) is 19.0. The monoisotopic (exact) mass is 466 g/mol. The van der Waals surface area contributed by atoms with Crippen molar-refractivity contribution in [1.29, 1.82) is 5.26 Å². The Morgan fingerprint density at radius 3 is 2.49 bits per heavy atom. The predicted octanol–water partition coefficient (Wildman–Crippen LogP) is 4.10. The fourth-order valence-corrected chi connectivity index (χ4v) is 5.28. The lowest BCUT2D eigenvalue weighted by molar-refractivity contribution is -0.130. The van der Waals surface area contributed by atoms with Crippen molar-refractivity contribution < 1.29 is 14.4 Å². The molecule has 7 heteroatoms. The zero-order chi connectivity index (χ0) is 24.9. The molecule has 0 bridgehead atoms. The van der Waals surface area contributed by atoms with Crippen LogP contribution in [-0.4, -0.2) is 33.7 Å². The van der Waals surface area contributed by atoms with E-state index in [0.717, 1.165) is 34.8 Å². The van der Waals surface area contributed by atoms with E-state index in [-0.39, 0.29) is 12.3 Å². The third kappa shape index (κ3) is 3.62. The molecular weight excluding hydrogens is 440 g/mol. The van der Waals surface area contributed by atoms with Gasteiger partial charge in [0.2, 0.25) is 0 Å². The van der Waals surface area contributed by atoms with Gasteiger partial charge in [-0.3, -0.25) is 14.5 Å². The fraction of sp³-hybridized carbons (Fsp3) is 0.286. The molecular formula is C28H26N4O3. The minimum Gasteiger partial charge on any atom is -0.319 e. The minimum absolute atomic E-state index is 0.293. The van der Waals surface area contributed by atoms with Crippen LogP contribution in [0, 0.1) is 25.2 Å². The van der Waals surface area contributed by atoms with E-state index >= 15 is 0 Å². The number of carbonyl (C=O) groups is 3. The zero-order valence-electron chi connectivity index (χ0n) is 20.0. The molecule has 3 amide bonds. The lowest BCUT2D eigenvalue weighted by Crippen LogP contribution is -2.41. The first-order chi connectivity index (χ1) is 16.7. The molecule has 2 aromatic carbocycles. The Labute approximate surface area is 204 Å². The van der Waals surface area contributed by atoms with Gasteiger partial charge in [0, 0.05) is 22.6 Å². The van der Waals surface area contributed by atoms with Crippen LogP contribution in [0.15, 0.2) is 48.5 Å². The molecule has 176 valence electrons. The lowest BCUT2D eigenvalue weighted by atomic mass is 9.91. The molecule has 1 saturated heterocycles. The third-order valence-electron chi connectivity index (χ3n) is 7.24. The maximum atomic E-state index is 13.3. The summed E-state index contributed by atoms with van der Waals surface area (Å²) in [5, 5.41) is 11.7. The molecule has 7 nitrogen and oxygen atoms in total. The van der Waals surface area contributed by atoms with Crippen LogP contribution in [0.1, 0.15) is 57.3 Å². The van der Waals surface area contributed by atoms with Crippen molar-refractivity contribution in [2.24, 2.45) is 0 Å². The van der Waals surface area contributed by atoms with Gasteiger partial charge >= 0.3 is 6.03 Å². The second-order valence-electron chi connectivity index (χ2n) is 9.49. The van der Waals surface area contributed by atoms with Crippen molar-refractivity contribution >= 4 is 17.7 Å². The van der Waals surface area contributed by atoms with E-state index in [2.05, 4.69) is 28.1 Å². The van der Waals surface area contributed by atoms with Crippen molar-refractivity contribution in [3.8, 4) is 11.8 Å². The maximum Gasteiger partial charge on any atom is 0.325 e. The SMILES string of the molecule is Cc1cc(C(=O)CN2C(=O)N[C@@](C)(c3ccc(C#N)cc3)C2=O)c(C)n1-c1ccc2c(c1)CCC2. The smallest absolute Gasteiger partial charge is 0.319 e. The number of nitriles is 1.